The van der Waals surface area contributed by atoms with Crippen molar-refractivity contribution in [3.05, 3.63) is 52.3 Å². The largest absolute Gasteiger partial charge is 0.497 e. The molecule has 0 aliphatic carbocycles. The highest BCUT2D eigenvalue weighted by Crippen LogP contribution is 2.22. The first-order valence-electron chi connectivity index (χ1n) is 8.22. The maximum Gasteiger partial charge on any atom is 0.359 e. The zero-order valence-electron chi connectivity index (χ0n) is 14.8. The summed E-state index contributed by atoms with van der Waals surface area (Å²) in [5, 5.41) is 4.59. The van der Waals surface area contributed by atoms with E-state index in [2.05, 4.69) is 10.3 Å². The van der Waals surface area contributed by atoms with Crippen molar-refractivity contribution in [2.24, 2.45) is 0 Å². The van der Waals surface area contributed by atoms with Gasteiger partial charge in [0.2, 0.25) is 0 Å². The van der Waals surface area contributed by atoms with Crippen LogP contribution < -0.4 is 10.1 Å². The standard InChI is InChI=1S/C18H18ClN3O4S/c1-11(16(23)20-8-7-12-3-5-13(25-2)6-4-12)26-17(24)14-15(19)21-18-22(14)9-10-27-18/h3-6,9-11H,7-8H2,1-2H3,(H,20,23)/t11-/m1/s1. The Kier molecular flexibility index (Phi) is 5.98. The number of hydrogen-bond donors (Lipinski definition) is 1. The molecule has 0 aliphatic rings. The maximum atomic E-state index is 12.4. The van der Waals surface area contributed by atoms with E-state index in [0.717, 1.165) is 11.3 Å². The van der Waals surface area contributed by atoms with Crippen molar-refractivity contribution in [3.63, 3.8) is 0 Å². The minimum Gasteiger partial charge on any atom is -0.497 e. The molecule has 7 nitrogen and oxygen atoms in total. The first kappa shape index (κ1) is 19.2. The Bertz CT molecular complexity index is 951. The van der Waals surface area contributed by atoms with Gasteiger partial charge in [0.05, 0.1) is 7.11 Å². The molecule has 1 aromatic carbocycles. The smallest absolute Gasteiger partial charge is 0.359 e. The van der Waals surface area contributed by atoms with E-state index in [-0.39, 0.29) is 16.8 Å². The second-order valence-corrected chi connectivity index (χ2v) is 6.97. The Morgan fingerprint density at radius 1 is 1.33 bits per heavy atom. The summed E-state index contributed by atoms with van der Waals surface area (Å²) in [4.78, 5) is 29.2. The fraction of sp³-hybridized carbons (Fsp3) is 0.278. The predicted octanol–water partition coefficient (Wildman–Crippen LogP) is 2.96. The summed E-state index contributed by atoms with van der Waals surface area (Å²) in [7, 11) is 1.61. The van der Waals surface area contributed by atoms with Gasteiger partial charge in [-0.2, -0.15) is 0 Å². The molecule has 0 spiro atoms. The molecule has 0 unspecified atom stereocenters. The highest BCUT2D eigenvalue weighted by Gasteiger charge is 2.24. The van der Waals surface area contributed by atoms with Crippen molar-refractivity contribution in [2.45, 2.75) is 19.4 Å². The zero-order chi connectivity index (χ0) is 19.4. The molecule has 0 aliphatic heterocycles. The van der Waals surface area contributed by atoms with Gasteiger partial charge in [0.1, 0.15) is 5.75 Å². The molecular formula is C18H18ClN3O4S. The number of hydrogen-bond acceptors (Lipinski definition) is 6. The van der Waals surface area contributed by atoms with Crippen LogP contribution in [0, 0.1) is 0 Å². The average molecular weight is 408 g/mol. The summed E-state index contributed by atoms with van der Waals surface area (Å²) >= 11 is 7.35. The number of carbonyl (C=O) groups excluding carboxylic acids is 2. The van der Waals surface area contributed by atoms with Gasteiger partial charge in [0.25, 0.3) is 5.91 Å². The van der Waals surface area contributed by atoms with Crippen LogP contribution in [0.1, 0.15) is 23.0 Å². The van der Waals surface area contributed by atoms with Crippen LogP contribution in [0.5, 0.6) is 5.75 Å². The van der Waals surface area contributed by atoms with E-state index in [0.29, 0.717) is 17.9 Å². The van der Waals surface area contributed by atoms with E-state index >= 15 is 0 Å². The molecule has 27 heavy (non-hydrogen) atoms. The summed E-state index contributed by atoms with van der Waals surface area (Å²) in [5.41, 5.74) is 1.18. The van der Waals surface area contributed by atoms with Crippen molar-refractivity contribution < 1.29 is 19.1 Å². The van der Waals surface area contributed by atoms with Gasteiger partial charge in [-0.05, 0) is 31.0 Å². The molecule has 0 fully saturated rings. The van der Waals surface area contributed by atoms with E-state index in [1.807, 2.05) is 24.3 Å². The Morgan fingerprint density at radius 2 is 2.07 bits per heavy atom. The lowest BCUT2D eigenvalue weighted by atomic mass is 10.1. The molecule has 142 valence electrons. The molecular weight excluding hydrogens is 390 g/mol. The first-order chi connectivity index (χ1) is 13.0. The fourth-order valence-electron chi connectivity index (χ4n) is 2.48. The Morgan fingerprint density at radius 3 is 2.78 bits per heavy atom. The highest BCUT2D eigenvalue weighted by atomic mass is 35.5. The summed E-state index contributed by atoms with van der Waals surface area (Å²) in [6.45, 7) is 1.94. The maximum absolute atomic E-state index is 12.4. The second kappa shape index (κ2) is 8.41. The number of imidazole rings is 1. The number of aromatic nitrogens is 2. The molecule has 0 bridgehead atoms. The summed E-state index contributed by atoms with van der Waals surface area (Å²) in [6.07, 6.45) is 1.38. The molecule has 3 aromatic rings. The molecule has 9 heteroatoms. The number of amides is 1. The number of halogens is 1. The normalized spacial score (nSPS) is 12.0. The van der Waals surface area contributed by atoms with Crippen LogP contribution in [-0.4, -0.2) is 41.0 Å². The number of fused-ring (bicyclic) bond motifs is 1. The van der Waals surface area contributed by atoms with E-state index in [4.69, 9.17) is 21.1 Å². The SMILES string of the molecule is COc1ccc(CCNC(=O)[C@@H](C)OC(=O)c2c(Cl)nc3sccn23)cc1. The molecule has 1 amide bonds. The van der Waals surface area contributed by atoms with Crippen LogP contribution in [0.15, 0.2) is 35.8 Å². The van der Waals surface area contributed by atoms with Gasteiger partial charge in [-0.3, -0.25) is 9.20 Å². The van der Waals surface area contributed by atoms with E-state index in [1.54, 1.807) is 23.1 Å². The van der Waals surface area contributed by atoms with Crippen LogP contribution in [-0.2, 0) is 16.0 Å². The van der Waals surface area contributed by atoms with Crippen molar-refractivity contribution in [1.29, 1.82) is 0 Å². The van der Waals surface area contributed by atoms with Crippen LogP contribution in [0.25, 0.3) is 4.96 Å². The third kappa shape index (κ3) is 4.40. The molecule has 0 radical (unpaired) electrons. The predicted molar refractivity (Wildman–Crippen MR) is 103 cm³/mol. The minimum absolute atomic E-state index is 0.0546. The lowest BCUT2D eigenvalue weighted by Crippen LogP contribution is -2.37. The van der Waals surface area contributed by atoms with E-state index in [1.165, 1.54) is 18.3 Å². The first-order valence-corrected chi connectivity index (χ1v) is 9.48. The lowest BCUT2D eigenvalue weighted by Gasteiger charge is -2.13. The van der Waals surface area contributed by atoms with Gasteiger partial charge < -0.3 is 14.8 Å². The van der Waals surface area contributed by atoms with Crippen LogP contribution in [0.2, 0.25) is 5.15 Å². The third-order valence-electron chi connectivity index (χ3n) is 3.94. The number of nitrogens with zero attached hydrogens (tertiary/aromatic N) is 2. The Hall–Kier alpha value is -2.58. The molecule has 0 saturated carbocycles. The molecule has 0 saturated heterocycles. The molecule has 3 rings (SSSR count). The van der Waals surface area contributed by atoms with Crippen LogP contribution in [0.3, 0.4) is 0 Å². The number of carbonyl (C=O) groups is 2. The number of methoxy groups -OCH3 is 1. The topological polar surface area (TPSA) is 81.9 Å². The molecule has 1 atom stereocenters. The second-order valence-electron chi connectivity index (χ2n) is 5.74. The monoisotopic (exact) mass is 407 g/mol. The van der Waals surface area contributed by atoms with Gasteiger partial charge in [-0.1, -0.05) is 23.7 Å². The Labute approximate surface area is 164 Å². The quantitative estimate of drug-likeness (QED) is 0.609. The van der Waals surface area contributed by atoms with Gasteiger partial charge in [0, 0.05) is 18.1 Å². The van der Waals surface area contributed by atoms with E-state index in [9.17, 15) is 9.59 Å². The fourth-order valence-corrected chi connectivity index (χ4v) is 3.49. The number of nitrogens with one attached hydrogen (secondary N) is 1. The Balaban J connectivity index is 1.51. The molecule has 2 heterocycles. The van der Waals surface area contributed by atoms with Crippen molar-refractivity contribution in [2.75, 3.05) is 13.7 Å². The summed E-state index contributed by atoms with van der Waals surface area (Å²) in [5.74, 6) is -0.288. The zero-order valence-corrected chi connectivity index (χ0v) is 16.3. The van der Waals surface area contributed by atoms with Gasteiger partial charge >= 0.3 is 5.97 Å². The van der Waals surface area contributed by atoms with Gasteiger partial charge in [-0.25, -0.2) is 9.78 Å². The lowest BCUT2D eigenvalue weighted by molar-refractivity contribution is -0.129. The van der Waals surface area contributed by atoms with Crippen molar-refractivity contribution >= 4 is 39.8 Å². The number of thiazole rings is 1. The summed E-state index contributed by atoms with van der Waals surface area (Å²) in [6, 6.07) is 7.59. The minimum atomic E-state index is -0.950. The third-order valence-corrected chi connectivity index (χ3v) is 4.96. The average Bonchev–Trinajstić information content (AvgIpc) is 3.21. The number of ether oxygens (including phenoxy) is 2. The van der Waals surface area contributed by atoms with Crippen LogP contribution >= 0.6 is 22.9 Å². The van der Waals surface area contributed by atoms with Crippen molar-refractivity contribution in [3.8, 4) is 5.75 Å². The number of benzene rings is 1. The van der Waals surface area contributed by atoms with Crippen molar-refractivity contribution in [1.82, 2.24) is 14.7 Å². The van der Waals surface area contributed by atoms with Gasteiger partial charge in [-0.15, -0.1) is 11.3 Å². The van der Waals surface area contributed by atoms with Gasteiger partial charge in [0.15, 0.2) is 21.9 Å². The van der Waals surface area contributed by atoms with Crippen LogP contribution in [0.4, 0.5) is 0 Å². The summed E-state index contributed by atoms with van der Waals surface area (Å²) < 4.78 is 11.9. The highest BCUT2D eigenvalue weighted by molar-refractivity contribution is 7.15. The molecule has 2 aromatic heterocycles. The molecule has 1 N–H and O–H groups in total. The number of esters is 1. The van der Waals surface area contributed by atoms with E-state index < -0.39 is 12.1 Å². The number of rotatable bonds is 7.